The SMILES string of the molecule is COc1ccccc1C1/C(=C(\O)c2ccc(F)c(C)c2)C(=O)C(=O)N1c1cccc(C)c1C. The lowest BCUT2D eigenvalue weighted by atomic mass is 9.93. The van der Waals surface area contributed by atoms with Gasteiger partial charge in [-0.25, -0.2) is 4.39 Å². The molecule has 0 saturated carbocycles. The molecule has 1 saturated heterocycles. The summed E-state index contributed by atoms with van der Waals surface area (Å²) < 4.78 is 19.4. The fraction of sp³-hybridized carbons (Fsp3) is 0.185. The third kappa shape index (κ3) is 3.67. The largest absolute Gasteiger partial charge is 0.507 e. The Labute approximate surface area is 191 Å². The predicted octanol–water partition coefficient (Wildman–Crippen LogP) is 5.39. The molecule has 0 bridgehead atoms. The van der Waals surface area contributed by atoms with Crippen molar-refractivity contribution in [2.45, 2.75) is 26.8 Å². The van der Waals surface area contributed by atoms with Gasteiger partial charge in [-0.2, -0.15) is 0 Å². The van der Waals surface area contributed by atoms with Crippen LogP contribution in [0.2, 0.25) is 0 Å². The number of Topliss-reactive ketones (excluding diaryl/α,β-unsaturated/α-hetero) is 1. The van der Waals surface area contributed by atoms with Gasteiger partial charge in [-0.3, -0.25) is 14.5 Å². The molecular formula is C27H24FNO4. The number of methoxy groups -OCH3 is 1. The van der Waals surface area contributed by atoms with Crippen molar-refractivity contribution in [3.8, 4) is 5.75 Å². The number of aliphatic hydroxyl groups excluding tert-OH is 1. The quantitative estimate of drug-likeness (QED) is 0.332. The van der Waals surface area contributed by atoms with E-state index in [1.165, 1.54) is 30.2 Å². The van der Waals surface area contributed by atoms with Gasteiger partial charge >= 0.3 is 0 Å². The molecule has 3 aromatic carbocycles. The number of aliphatic hydroxyl groups is 1. The van der Waals surface area contributed by atoms with E-state index in [0.717, 1.165) is 11.1 Å². The van der Waals surface area contributed by atoms with Crippen molar-refractivity contribution < 1.29 is 23.8 Å². The molecule has 0 radical (unpaired) electrons. The first-order chi connectivity index (χ1) is 15.8. The van der Waals surface area contributed by atoms with Crippen LogP contribution < -0.4 is 9.64 Å². The standard InChI is InChI=1S/C27H24FNO4/c1-15-8-7-10-21(17(15)3)29-24(19-9-5-6-11-22(19)33-4)23(26(31)27(29)32)25(30)18-12-13-20(28)16(2)14-18/h5-14,24,30H,1-4H3/b25-23+. The van der Waals surface area contributed by atoms with Gasteiger partial charge in [-0.05, 0) is 67.8 Å². The number of ether oxygens (including phenoxy) is 1. The van der Waals surface area contributed by atoms with Crippen LogP contribution in [-0.4, -0.2) is 23.9 Å². The van der Waals surface area contributed by atoms with Crippen molar-refractivity contribution in [2.75, 3.05) is 12.0 Å². The third-order valence-corrected chi connectivity index (χ3v) is 6.14. The van der Waals surface area contributed by atoms with Crippen LogP contribution in [0.1, 0.15) is 33.9 Å². The molecule has 1 aliphatic rings. The fourth-order valence-corrected chi connectivity index (χ4v) is 4.21. The maximum Gasteiger partial charge on any atom is 0.300 e. The molecule has 0 aliphatic carbocycles. The highest BCUT2D eigenvalue weighted by molar-refractivity contribution is 6.51. The van der Waals surface area contributed by atoms with Crippen molar-refractivity contribution >= 4 is 23.1 Å². The van der Waals surface area contributed by atoms with Gasteiger partial charge in [0.2, 0.25) is 0 Å². The average Bonchev–Trinajstić information content (AvgIpc) is 3.07. The minimum Gasteiger partial charge on any atom is -0.507 e. The highest BCUT2D eigenvalue weighted by Crippen LogP contribution is 2.45. The van der Waals surface area contributed by atoms with Crippen LogP contribution in [0.3, 0.4) is 0 Å². The molecule has 1 heterocycles. The summed E-state index contributed by atoms with van der Waals surface area (Å²) in [5.41, 5.74) is 3.43. The summed E-state index contributed by atoms with van der Waals surface area (Å²) in [6.07, 6.45) is 0. The van der Waals surface area contributed by atoms with E-state index in [4.69, 9.17) is 4.74 Å². The lowest BCUT2D eigenvalue weighted by molar-refractivity contribution is -0.132. The predicted molar refractivity (Wildman–Crippen MR) is 125 cm³/mol. The van der Waals surface area contributed by atoms with Gasteiger partial charge in [0.1, 0.15) is 17.3 Å². The van der Waals surface area contributed by atoms with Crippen molar-refractivity contribution in [3.05, 3.63) is 99.9 Å². The van der Waals surface area contributed by atoms with Crippen LogP contribution >= 0.6 is 0 Å². The molecule has 6 heteroatoms. The van der Waals surface area contributed by atoms with E-state index >= 15 is 0 Å². The summed E-state index contributed by atoms with van der Waals surface area (Å²) in [7, 11) is 1.51. The number of para-hydroxylation sites is 1. The second-order valence-electron chi connectivity index (χ2n) is 8.09. The van der Waals surface area contributed by atoms with E-state index in [9.17, 15) is 19.1 Å². The van der Waals surface area contributed by atoms with Crippen LogP contribution in [0.4, 0.5) is 10.1 Å². The lowest BCUT2D eigenvalue weighted by Gasteiger charge is -2.28. The van der Waals surface area contributed by atoms with Crippen molar-refractivity contribution in [1.29, 1.82) is 0 Å². The van der Waals surface area contributed by atoms with Gasteiger partial charge in [0.25, 0.3) is 11.7 Å². The summed E-state index contributed by atoms with van der Waals surface area (Å²) in [5.74, 6) is -1.88. The van der Waals surface area contributed by atoms with Gasteiger partial charge < -0.3 is 9.84 Å². The molecule has 4 rings (SSSR count). The zero-order valence-corrected chi connectivity index (χ0v) is 18.8. The van der Waals surface area contributed by atoms with Crippen molar-refractivity contribution in [3.63, 3.8) is 0 Å². The van der Waals surface area contributed by atoms with Crippen LogP contribution in [0.5, 0.6) is 5.75 Å². The average molecular weight is 445 g/mol. The number of carbonyl (C=O) groups excluding carboxylic acids is 2. The number of anilines is 1. The Morgan fingerprint density at radius 3 is 2.39 bits per heavy atom. The molecule has 1 atom stereocenters. The second-order valence-corrected chi connectivity index (χ2v) is 8.09. The smallest absolute Gasteiger partial charge is 0.300 e. The van der Waals surface area contributed by atoms with Gasteiger partial charge in [0.05, 0.1) is 18.7 Å². The number of amides is 1. The Hall–Kier alpha value is -3.93. The fourth-order valence-electron chi connectivity index (χ4n) is 4.21. The Kier molecular flexibility index (Phi) is 5.77. The minimum atomic E-state index is -0.924. The number of aryl methyl sites for hydroxylation is 2. The van der Waals surface area contributed by atoms with Gasteiger partial charge in [-0.15, -0.1) is 0 Å². The Morgan fingerprint density at radius 2 is 1.70 bits per heavy atom. The zero-order chi connectivity index (χ0) is 23.9. The number of halogens is 1. The Morgan fingerprint density at radius 1 is 0.970 bits per heavy atom. The number of nitrogens with zero attached hydrogens (tertiary/aromatic N) is 1. The molecule has 0 spiro atoms. The maximum atomic E-state index is 13.8. The second kappa shape index (κ2) is 8.54. The molecular weight excluding hydrogens is 421 g/mol. The van der Waals surface area contributed by atoms with E-state index in [1.54, 1.807) is 37.3 Å². The van der Waals surface area contributed by atoms with Crippen LogP contribution in [0.15, 0.2) is 66.2 Å². The first kappa shape index (κ1) is 22.3. The molecule has 1 amide bonds. The summed E-state index contributed by atoms with van der Waals surface area (Å²) in [4.78, 5) is 28.1. The molecule has 1 aliphatic heterocycles. The van der Waals surface area contributed by atoms with E-state index < -0.39 is 23.5 Å². The normalized spacial score (nSPS) is 17.5. The number of hydrogen-bond donors (Lipinski definition) is 1. The maximum absolute atomic E-state index is 13.8. The summed E-state index contributed by atoms with van der Waals surface area (Å²) >= 11 is 0. The first-order valence-electron chi connectivity index (χ1n) is 10.5. The molecule has 1 fully saturated rings. The van der Waals surface area contributed by atoms with Gasteiger partial charge in [-0.1, -0.05) is 30.3 Å². The number of ketones is 1. The molecule has 5 nitrogen and oxygen atoms in total. The summed E-state index contributed by atoms with van der Waals surface area (Å²) in [6.45, 7) is 5.37. The highest BCUT2D eigenvalue weighted by Gasteiger charge is 2.48. The van der Waals surface area contributed by atoms with E-state index in [-0.39, 0.29) is 16.9 Å². The summed E-state index contributed by atoms with van der Waals surface area (Å²) in [5, 5.41) is 11.2. The van der Waals surface area contributed by atoms with Gasteiger partial charge in [0, 0.05) is 16.8 Å². The molecule has 1 N–H and O–H groups in total. The first-order valence-corrected chi connectivity index (χ1v) is 10.5. The number of rotatable bonds is 4. The van der Waals surface area contributed by atoms with Crippen LogP contribution in [-0.2, 0) is 9.59 Å². The topological polar surface area (TPSA) is 66.8 Å². The third-order valence-electron chi connectivity index (χ3n) is 6.14. The van der Waals surface area contributed by atoms with Gasteiger partial charge in [0.15, 0.2) is 0 Å². The Balaban J connectivity index is 2.03. The number of carbonyl (C=O) groups is 2. The molecule has 3 aromatic rings. The van der Waals surface area contributed by atoms with Crippen LogP contribution in [0, 0.1) is 26.6 Å². The molecule has 1 unspecified atom stereocenters. The number of benzene rings is 3. The van der Waals surface area contributed by atoms with Crippen molar-refractivity contribution in [1.82, 2.24) is 0 Å². The lowest BCUT2D eigenvalue weighted by Crippen LogP contribution is -2.30. The Bertz CT molecular complexity index is 1310. The highest BCUT2D eigenvalue weighted by atomic mass is 19.1. The summed E-state index contributed by atoms with van der Waals surface area (Å²) in [6, 6.07) is 15.7. The molecule has 0 aromatic heterocycles. The van der Waals surface area contributed by atoms with E-state index in [2.05, 4.69) is 0 Å². The van der Waals surface area contributed by atoms with Crippen LogP contribution in [0.25, 0.3) is 5.76 Å². The molecule has 168 valence electrons. The minimum absolute atomic E-state index is 0.0728. The van der Waals surface area contributed by atoms with E-state index in [1.807, 2.05) is 26.0 Å². The number of hydrogen-bond acceptors (Lipinski definition) is 4. The van der Waals surface area contributed by atoms with Crippen molar-refractivity contribution in [2.24, 2.45) is 0 Å². The van der Waals surface area contributed by atoms with E-state index in [0.29, 0.717) is 22.6 Å². The zero-order valence-electron chi connectivity index (χ0n) is 18.8. The molecule has 33 heavy (non-hydrogen) atoms. The monoisotopic (exact) mass is 445 g/mol.